The van der Waals surface area contributed by atoms with Crippen molar-refractivity contribution in [2.75, 3.05) is 32.7 Å². The molecule has 1 unspecified atom stereocenters. The molecule has 2 aliphatic rings. The largest absolute Gasteiger partial charge is 0.446 e. The number of likely N-dealkylation sites (tertiary alicyclic amines) is 2. The fourth-order valence-electron chi connectivity index (χ4n) is 4.09. The van der Waals surface area contributed by atoms with E-state index in [1.54, 1.807) is 0 Å². The van der Waals surface area contributed by atoms with Crippen LogP contribution in [0.15, 0.2) is 0 Å². The molecule has 2 saturated heterocycles. The third kappa shape index (κ3) is 6.08. The van der Waals surface area contributed by atoms with Crippen LogP contribution in [0.5, 0.6) is 0 Å². The van der Waals surface area contributed by atoms with E-state index in [1.165, 1.54) is 12.8 Å². The Labute approximate surface area is 150 Å². The van der Waals surface area contributed by atoms with Gasteiger partial charge in [0.15, 0.2) is 0 Å². The molecular formula is C19H34F2N2O2. The number of unbranched alkanes of at least 4 members (excludes halogenated alkanes) is 2. The molecule has 0 radical (unpaired) electrons. The molecule has 146 valence electrons. The molecule has 1 atom stereocenters. The van der Waals surface area contributed by atoms with Crippen LogP contribution < -0.4 is 0 Å². The molecule has 0 aliphatic carbocycles. The van der Waals surface area contributed by atoms with Gasteiger partial charge in [0.2, 0.25) is 0 Å². The van der Waals surface area contributed by atoms with Crippen LogP contribution in [0.3, 0.4) is 0 Å². The van der Waals surface area contributed by atoms with Crippen molar-refractivity contribution in [2.45, 2.75) is 77.7 Å². The molecule has 0 aromatic carbocycles. The van der Waals surface area contributed by atoms with Gasteiger partial charge >= 0.3 is 6.09 Å². The van der Waals surface area contributed by atoms with E-state index in [4.69, 9.17) is 4.74 Å². The van der Waals surface area contributed by atoms with Crippen molar-refractivity contribution in [3.05, 3.63) is 0 Å². The van der Waals surface area contributed by atoms with Crippen LogP contribution in [-0.4, -0.2) is 61.1 Å². The predicted octanol–water partition coefficient (Wildman–Crippen LogP) is 4.53. The Bertz CT molecular complexity index is 412. The number of hydrogen-bond acceptors (Lipinski definition) is 3. The maximum absolute atomic E-state index is 12.5. The van der Waals surface area contributed by atoms with E-state index in [0.717, 1.165) is 51.6 Å². The summed E-state index contributed by atoms with van der Waals surface area (Å²) in [5, 5.41) is 0. The van der Waals surface area contributed by atoms with Crippen molar-refractivity contribution in [1.82, 2.24) is 9.80 Å². The molecule has 1 amide bonds. The number of nitrogens with zero attached hydrogens (tertiary/aromatic N) is 2. The summed E-state index contributed by atoms with van der Waals surface area (Å²) in [6.45, 7) is 6.98. The highest BCUT2D eigenvalue weighted by Gasteiger charge is 2.42. The second-order valence-corrected chi connectivity index (χ2v) is 7.77. The number of rotatable bonds is 8. The minimum absolute atomic E-state index is 0.0171. The first-order chi connectivity index (χ1) is 12.0. The summed E-state index contributed by atoms with van der Waals surface area (Å²) in [5.74, 6) is 0. The molecule has 25 heavy (non-hydrogen) atoms. The molecule has 0 aromatic rings. The number of carbonyl (C=O) groups is 1. The fraction of sp³-hybridized carbons (Fsp3) is 0.947. The molecule has 2 aliphatic heterocycles. The van der Waals surface area contributed by atoms with Crippen LogP contribution in [0.25, 0.3) is 0 Å². The van der Waals surface area contributed by atoms with Gasteiger partial charge < -0.3 is 9.64 Å². The van der Waals surface area contributed by atoms with E-state index in [9.17, 15) is 13.6 Å². The molecule has 1 spiro atoms. The van der Waals surface area contributed by atoms with Crippen molar-refractivity contribution >= 4 is 6.09 Å². The molecule has 0 aromatic heterocycles. The Morgan fingerprint density at radius 1 is 1.12 bits per heavy atom. The van der Waals surface area contributed by atoms with Crippen LogP contribution in [0.2, 0.25) is 0 Å². The van der Waals surface area contributed by atoms with Gasteiger partial charge in [-0.3, -0.25) is 4.90 Å². The number of amides is 1. The van der Waals surface area contributed by atoms with Gasteiger partial charge in [-0.05, 0) is 57.0 Å². The summed E-state index contributed by atoms with van der Waals surface area (Å²) in [6, 6.07) is 0. The topological polar surface area (TPSA) is 32.8 Å². The monoisotopic (exact) mass is 360 g/mol. The lowest BCUT2D eigenvalue weighted by Gasteiger charge is -2.39. The fourth-order valence-corrected chi connectivity index (χ4v) is 4.09. The molecule has 2 heterocycles. The Morgan fingerprint density at radius 2 is 1.80 bits per heavy atom. The summed E-state index contributed by atoms with van der Waals surface area (Å²) in [6.07, 6.45) is 5.59. The first-order valence-electron chi connectivity index (χ1n) is 9.94. The molecule has 6 heteroatoms. The minimum atomic E-state index is -2.26. The van der Waals surface area contributed by atoms with Gasteiger partial charge in [-0.1, -0.05) is 26.7 Å². The van der Waals surface area contributed by atoms with Gasteiger partial charge in [-0.15, -0.1) is 0 Å². The number of ether oxygens (including phenoxy) is 1. The van der Waals surface area contributed by atoms with E-state index in [2.05, 4.69) is 13.8 Å². The molecule has 0 saturated carbocycles. The Kier molecular flexibility index (Phi) is 7.91. The zero-order valence-electron chi connectivity index (χ0n) is 15.8. The highest BCUT2D eigenvalue weighted by Crippen LogP contribution is 2.40. The zero-order valence-corrected chi connectivity index (χ0v) is 15.8. The van der Waals surface area contributed by atoms with Crippen LogP contribution >= 0.6 is 0 Å². The third-order valence-electron chi connectivity index (χ3n) is 5.86. The lowest BCUT2D eigenvalue weighted by molar-refractivity contribution is 0.0391. The average molecular weight is 360 g/mol. The first-order valence-corrected chi connectivity index (χ1v) is 9.94. The second kappa shape index (κ2) is 9.70. The van der Waals surface area contributed by atoms with E-state index in [0.29, 0.717) is 13.1 Å². The number of piperidine rings is 1. The molecular weight excluding hydrogens is 326 g/mol. The number of carbonyl (C=O) groups excluding carboxylic acids is 1. The lowest BCUT2D eigenvalue weighted by Crippen LogP contribution is -2.44. The Morgan fingerprint density at radius 3 is 2.40 bits per heavy atom. The summed E-state index contributed by atoms with van der Waals surface area (Å²) in [5.41, 5.74) is 0.113. The van der Waals surface area contributed by atoms with Gasteiger partial charge in [-0.25, -0.2) is 13.6 Å². The summed E-state index contributed by atoms with van der Waals surface area (Å²) in [4.78, 5) is 16.2. The second-order valence-electron chi connectivity index (χ2n) is 7.77. The normalized spacial score (nSPS) is 21.9. The molecule has 4 nitrogen and oxygen atoms in total. The van der Waals surface area contributed by atoms with Crippen LogP contribution in [-0.2, 0) is 4.74 Å². The van der Waals surface area contributed by atoms with E-state index < -0.39 is 6.43 Å². The first kappa shape index (κ1) is 20.4. The summed E-state index contributed by atoms with van der Waals surface area (Å²) >= 11 is 0. The smallest absolute Gasteiger partial charge is 0.410 e. The summed E-state index contributed by atoms with van der Waals surface area (Å²) < 4.78 is 30.7. The maximum atomic E-state index is 12.5. The van der Waals surface area contributed by atoms with Crippen molar-refractivity contribution in [2.24, 2.45) is 5.41 Å². The SMILES string of the molecule is CCCCCC(CC)OC(=O)N1CCC2(CCN(CC(F)F)CC2)C1. The Balaban J connectivity index is 1.77. The summed E-state index contributed by atoms with van der Waals surface area (Å²) in [7, 11) is 0. The van der Waals surface area contributed by atoms with Crippen LogP contribution in [0, 0.1) is 5.41 Å². The van der Waals surface area contributed by atoms with Gasteiger partial charge in [-0.2, -0.15) is 0 Å². The molecule has 0 N–H and O–H groups in total. The lowest BCUT2D eigenvalue weighted by atomic mass is 9.78. The van der Waals surface area contributed by atoms with Crippen molar-refractivity contribution in [3.8, 4) is 0 Å². The standard InChI is InChI=1S/C19H34F2N2O2/c1-3-5-6-7-16(4-2)25-18(24)23-13-10-19(15-23)8-11-22(12-9-19)14-17(20)21/h16-17H,3-15H2,1-2H3. The Hall–Kier alpha value is -0.910. The highest BCUT2D eigenvalue weighted by atomic mass is 19.3. The molecule has 2 rings (SSSR count). The van der Waals surface area contributed by atoms with Crippen molar-refractivity contribution in [1.29, 1.82) is 0 Å². The van der Waals surface area contributed by atoms with Gasteiger partial charge in [0.25, 0.3) is 6.43 Å². The minimum Gasteiger partial charge on any atom is -0.446 e. The zero-order chi connectivity index (χ0) is 18.3. The van der Waals surface area contributed by atoms with E-state index in [-0.39, 0.29) is 24.2 Å². The number of alkyl halides is 2. The van der Waals surface area contributed by atoms with Gasteiger partial charge in [0.05, 0.1) is 6.54 Å². The highest BCUT2D eigenvalue weighted by molar-refractivity contribution is 5.68. The quantitative estimate of drug-likeness (QED) is 0.596. The molecule has 2 fully saturated rings. The van der Waals surface area contributed by atoms with E-state index in [1.807, 2.05) is 9.80 Å². The number of halogens is 2. The maximum Gasteiger partial charge on any atom is 0.410 e. The van der Waals surface area contributed by atoms with Gasteiger partial charge in [0, 0.05) is 13.1 Å². The van der Waals surface area contributed by atoms with Crippen molar-refractivity contribution < 1.29 is 18.3 Å². The van der Waals surface area contributed by atoms with E-state index >= 15 is 0 Å². The molecule has 0 bridgehead atoms. The van der Waals surface area contributed by atoms with Crippen LogP contribution in [0.4, 0.5) is 13.6 Å². The van der Waals surface area contributed by atoms with Gasteiger partial charge in [0.1, 0.15) is 6.10 Å². The average Bonchev–Trinajstić information content (AvgIpc) is 3.00. The predicted molar refractivity (Wildman–Crippen MR) is 95.0 cm³/mol. The van der Waals surface area contributed by atoms with Crippen molar-refractivity contribution in [3.63, 3.8) is 0 Å². The van der Waals surface area contributed by atoms with Crippen LogP contribution in [0.1, 0.15) is 65.2 Å². The number of hydrogen-bond donors (Lipinski definition) is 0. The third-order valence-corrected chi connectivity index (χ3v) is 5.86.